The summed E-state index contributed by atoms with van der Waals surface area (Å²) in [4.78, 5) is 28.0. The predicted molar refractivity (Wildman–Crippen MR) is 93.9 cm³/mol. The summed E-state index contributed by atoms with van der Waals surface area (Å²) >= 11 is 0. The van der Waals surface area contributed by atoms with E-state index >= 15 is 0 Å². The summed E-state index contributed by atoms with van der Waals surface area (Å²) in [5.74, 6) is -0.505. The maximum atomic E-state index is 12.1. The lowest BCUT2D eigenvalue weighted by Crippen LogP contribution is -2.27. The van der Waals surface area contributed by atoms with E-state index in [1.807, 2.05) is 18.2 Å². The first kappa shape index (κ1) is 17.4. The van der Waals surface area contributed by atoms with Crippen LogP contribution in [0.15, 0.2) is 61.4 Å². The number of benzene rings is 1. The van der Waals surface area contributed by atoms with Crippen LogP contribution >= 0.6 is 0 Å². The third kappa shape index (κ3) is 5.35. The first-order valence-electron chi connectivity index (χ1n) is 7.87. The Kier molecular flexibility index (Phi) is 6.71. The molecule has 1 aromatic heterocycles. The average Bonchev–Trinajstić information content (AvgIpc) is 2.64. The van der Waals surface area contributed by atoms with Crippen molar-refractivity contribution >= 4 is 11.8 Å². The Morgan fingerprint density at radius 2 is 1.71 bits per heavy atom. The molecule has 1 aromatic carbocycles. The molecule has 1 heterocycles. The number of pyridine rings is 1. The van der Waals surface area contributed by atoms with E-state index in [0.29, 0.717) is 24.2 Å². The van der Waals surface area contributed by atoms with Crippen LogP contribution in [-0.2, 0) is 6.42 Å². The van der Waals surface area contributed by atoms with Crippen molar-refractivity contribution in [3.8, 4) is 0 Å². The predicted octanol–water partition coefficient (Wildman–Crippen LogP) is 2.36. The summed E-state index contributed by atoms with van der Waals surface area (Å²) in [7, 11) is 0. The third-order valence-corrected chi connectivity index (χ3v) is 3.44. The van der Waals surface area contributed by atoms with Crippen molar-refractivity contribution in [3.05, 3.63) is 78.1 Å². The Morgan fingerprint density at radius 1 is 1.04 bits per heavy atom. The van der Waals surface area contributed by atoms with Crippen LogP contribution in [0.4, 0.5) is 0 Å². The summed E-state index contributed by atoms with van der Waals surface area (Å²) < 4.78 is 0. The standard InChI is InChI=1S/C19H21N3O2/c1-2-10-21-18(23)16-12-17(14-20-13-16)19(24)22-11-6-9-15-7-4-3-5-8-15/h2-5,7-8,12-14H,1,6,9-11H2,(H,21,23)(H,22,24). The van der Waals surface area contributed by atoms with Crippen LogP contribution in [0.25, 0.3) is 0 Å². The van der Waals surface area contributed by atoms with Gasteiger partial charge in [-0.2, -0.15) is 0 Å². The number of aryl methyl sites for hydroxylation is 1. The van der Waals surface area contributed by atoms with E-state index in [9.17, 15) is 9.59 Å². The zero-order valence-corrected chi connectivity index (χ0v) is 13.5. The quantitative estimate of drug-likeness (QED) is 0.579. The van der Waals surface area contributed by atoms with Gasteiger partial charge in [-0.1, -0.05) is 36.4 Å². The summed E-state index contributed by atoms with van der Waals surface area (Å²) in [6, 6.07) is 11.7. The topological polar surface area (TPSA) is 71.1 Å². The van der Waals surface area contributed by atoms with Crippen LogP contribution in [0.1, 0.15) is 32.7 Å². The molecule has 0 aliphatic carbocycles. The zero-order valence-electron chi connectivity index (χ0n) is 13.5. The maximum absolute atomic E-state index is 12.1. The van der Waals surface area contributed by atoms with E-state index in [1.165, 1.54) is 24.0 Å². The largest absolute Gasteiger partial charge is 0.352 e. The van der Waals surface area contributed by atoms with Gasteiger partial charge in [0.1, 0.15) is 0 Å². The Hall–Kier alpha value is -2.95. The second kappa shape index (κ2) is 9.25. The molecule has 2 rings (SSSR count). The Balaban J connectivity index is 1.83. The van der Waals surface area contributed by atoms with Crippen molar-refractivity contribution in [2.24, 2.45) is 0 Å². The molecule has 0 atom stereocenters. The van der Waals surface area contributed by atoms with Crippen LogP contribution < -0.4 is 10.6 Å². The van der Waals surface area contributed by atoms with E-state index in [0.717, 1.165) is 12.8 Å². The molecule has 124 valence electrons. The van der Waals surface area contributed by atoms with Gasteiger partial charge in [0.25, 0.3) is 11.8 Å². The molecule has 0 aliphatic heterocycles. The minimum Gasteiger partial charge on any atom is -0.352 e. The van der Waals surface area contributed by atoms with Crippen LogP contribution in [0.3, 0.4) is 0 Å². The van der Waals surface area contributed by atoms with Crippen LogP contribution in [0, 0.1) is 0 Å². The number of carbonyl (C=O) groups is 2. The van der Waals surface area contributed by atoms with Crippen molar-refractivity contribution in [3.63, 3.8) is 0 Å². The Bertz CT molecular complexity index is 699. The summed E-state index contributed by atoms with van der Waals surface area (Å²) in [6.07, 6.45) is 6.24. The number of carbonyl (C=O) groups excluding carboxylic acids is 2. The number of amides is 2. The maximum Gasteiger partial charge on any atom is 0.253 e. The Morgan fingerprint density at radius 3 is 2.38 bits per heavy atom. The lowest BCUT2D eigenvalue weighted by Gasteiger charge is -2.07. The summed E-state index contributed by atoms with van der Waals surface area (Å²) in [5, 5.41) is 5.51. The first-order chi connectivity index (χ1) is 11.7. The SMILES string of the molecule is C=CCNC(=O)c1cncc(C(=O)NCCCc2ccccc2)c1. The molecular weight excluding hydrogens is 302 g/mol. The fourth-order valence-electron chi connectivity index (χ4n) is 2.20. The van der Waals surface area contributed by atoms with Gasteiger partial charge in [-0.15, -0.1) is 6.58 Å². The molecule has 5 nitrogen and oxygen atoms in total. The molecule has 24 heavy (non-hydrogen) atoms. The molecule has 0 aliphatic rings. The van der Waals surface area contributed by atoms with Gasteiger partial charge in [0, 0.05) is 25.5 Å². The van der Waals surface area contributed by atoms with Gasteiger partial charge in [-0.25, -0.2) is 0 Å². The van der Waals surface area contributed by atoms with Crippen LogP contribution in [-0.4, -0.2) is 29.9 Å². The normalized spacial score (nSPS) is 10.0. The van der Waals surface area contributed by atoms with Crippen molar-refractivity contribution in [2.75, 3.05) is 13.1 Å². The minimum absolute atomic E-state index is 0.228. The van der Waals surface area contributed by atoms with E-state index in [4.69, 9.17) is 0 Å². The second-order valence-electron chi connectivity index (χ2n) is 5.31. The molecule has 0 saturated heterocycles. The molecule has 2 aromatic rings. The molecule has 2 N–H and O–H groups in total. The van der Waals surface area contributed by atoms with E-state index in [2.05, 4.69) is 34.3 Å². The van der Waals surface area contributed by atoms with E-state index in [1.54, 1.807) is 6.08 Å². The number of rotatable bonds is 8. The molecule has 2 amide bonds. The number of nitrogens with one attached hydrogen (secondary N) is 2. The highest BCUT2D eigenvalue weighted by atomic mass is 16.2. The van der Waals surface area contributed by atoms with Gasteiger partial charge in [0.15, 0.2) is 0 Å². The molecule has 0 radical (unpaired) electrons. The van der Waals surface area contributed by atoms with Gasteiger partial charge in [0.05, 0.1) is 11.1 Å². The molecule has 0 bridgehead atoms. The van der Waals surface area contributed by atoms with Crippen LogP contribution in [0.2, 0.25) is 0 Å². The monoisotopic (exact) mass is 323 g/mol. The van der Waals surface area contributed by atoms with Crippen molar-refractivity contribution in [1.29, 1.82) is 0 Å². The fraction of sp³-hybridized carbons (Fsp3) is 0.211. The highest BCUT2D eigenvalue weighted by molar-refractivity contribution is 5.99. The van der Waals surface area contributed by atoms with Gasteiger partial charge < -0.3 is 10.6 Å². The van der Waals surface area contributed by atoms with E-state index < -0.39 is 0 Å². The third-order valence-electron chi connectivity index (χ3n) is 3.44. The number of nitrogens with zero attached hydrogens (tertiary/aromatic N) is 1. The summed E-state index contributed by atoms with van der Waals surface area (Å²) in [6.45, 7) is 4.48. The fourth-order valence-corrected chi connectivity index (χ4v) is 2.20. The van der Waals surface area contributed by atoms with Gasteiger partial charge in [-0.05, 0) is 24.5 Å². The number of hydrogen-bond acceptors (Lipinski definition) is 3. The van der Waals surface area contributed by atoms with Crippen LogP contribution in [0.5, 0.6) is 0 Å². The lowest BCUT2D eigenvalue weighted by molar-refractivity contribution is 0.0953. The Labute approximate surface area is 141 Å². The van der Waals surface area contributed by atoms with Crippen molar-refractivity contribution in [2.45, 2.75) is 12.8 Å². The number of aromatic nitrogens is 1. The van der Waals surface area contributed by atoms with Gasteiger partial charge in [-0.3, -0.25) is 14.6 Å². The lowest BCUT2D eigenvalue weighted by atomic mass is 10.1. The van der Waals surface area contributed by atoms with Crippen molar-refractivity contribution in [1.82, 2.24) is 15.6 Å². The molecule has 0 saturated carbocycles. The zero-order chi connectivity index (χ0) is 17.2. The molecular formula is C19H21N3O2. The smallest absolute Gasteiger partial charge is 0.253 e. The van der Waals surface area contributed by atoms with Gasteiger partial charge >= 0.3 is 0 Å². The minimum atomic E-state index is -0.277. The number of hydrogen-bond donors (Lipinski definition) is 2. The molecule has 5 heteroatoms. The van der Waals surface area contributed by atoms with Crippen molar-refractivity contribution < 1.29 is 9.59 Å². The van der Waals surface area contributed by atoms with Gasteiger partial charge in [0.2, 0.25) is 0 Å². The average molecular weight is 323 g/mol. The molecule has 0 fully saturated rings. The van der Waals surface area contributed by atoms with E-state index in [-0.39, 0.29) is 11.8 Å². The molecule has 0 unspecified atom stereocenters. The molecule has 0 spiro atoms. The first-order valence-corrected chi connectivity index (χ1v) is 7.87. The second-order valence-corrected chi connectivity index (χ2v) is 5.31. The summed E-state index contributed by atoms with van der Waals surface area (Å²) in [5.41, 5.74) is 1.98. The highest BCUT2D eigenvalue weighted by Gasteiger charge is 2.10. The highest BCUT2D eigenvalue weighted by Crippen LogP contribution is 2.04.